The summed E-state index contributed by atoms with van der Waals surface area (Å²) in [5.41, 5.74) is 4.59. The summed E-state index contributed by atoms with van der Waals surface area (Å²) in [5.74, 6) is 1.09. The summed E-state index contributed by atoms with van der Waals surface area (Å²) in [6.07, 6.45) is 5.50. The molecule has 0 saturated heterocycles. The molecule has 1 fully saturated rings. The van der Waals surface area contributed by atoms with Crippen LogP contribution in [0.2, 0.25) is 0 Å². The van der Waals surface area contributed by atoms with Crippen molar-refractivity contribution in [3.8, 4) is 22.9 Å². The largest absolute Gasteiger partial charge is 0.497 e. The number of esters is 1. The van der Waals surface area contributed by atoms with E-state index in [2.05, 4.69) is 44.8 Å². The summed E-state index contributed by atoms with van der Waals surface area (Å²) in [6, 6.07) is 18.3. The van der Waals surface area contributed by atoms with Gasteiger partial charge < -0.3 is 14.2 Å². The van der Waals surface area contributed by atoms with Crippen LogP contribution in [-0.2, 0) is 11.3 Å². The molecule has 9 heteroatoms. The smallest absolute Gasteiger partial charge is 0.364 e. The molecule has 0 aliphatic heterocycles. The van der Waals surface area contributed by atoms with E-state index in [9.17, 15) is 4.79 Å². The number of rotatable bonds is 9. The molecule has 1 aliphatic carbocycles. The number of methoxy groups -OCH3 is 1. The van der Waals surface area contributed by atoms with Gasteiger partial charge in [0.2, 0.25) is 11.6 Å². The predicted octanol–water partition coefficient (Wildman–Crippen LogP) is 5.01. The maximum Gasteiger partial charge on any atom is 0.364 e. The minimum atomic E-state index is -0.524. The molecule has 5 rings (SSSR count). The number of hydrogen-bond donors (Lipinski definition) is 1. The number of benzene rings is 2. The van der Waals surface area contributed by atoms with Gasteiger partial charge in [-0.3, -0.25) is 5.10 Å². The van der Waals surface area contributed by atoms with E-state index >= 15 is 0 Å². The van der Waals surface area contributed by atoms with E-state index in [-0.39, 0.29) is 18.4 Å². The van der Waals surface area contributed by atoms with Crippen LogP contribution in [0.5, 0.6) is 11.6 Å². The second kappa shape index (κ2) is 11.3. The van der Waals surface area contributed by atoms with E-state index < -0.39 is 5.97 Å². The highest BCUT2D eigenvalue weighted by molar-refractivity contribution is 5.89. The van der Waals surface area contributed by atoms with Crippen LogP contribution < -0.4 is 9.47 Å². The highest BCUT2D eigenvalue weighted by atomic mass is 16.5. The minimum Gasteiger partial charge on any atom is -0.497 e. The lowest BCUT2D eigenvalue weighted by Crippen LogP contribution is -2.25. The molecule has 192 valence electrons. The zero-order chi connectivity index (χ0) is 25.6. The van der Waals surface area contributed by atoms with E-state index in [1.54, 1.807) is 24.9 Å². The Balaban J connectivity index is 1.26. The van der Waals surface area contributed by atoms with Crippen LogP contribution in [0, 0.1) is 0 Å². The first-order valence-corrected chi connectivity index (χ1v) is 12.6. The average Bonchev–Trinajstić information content (AvgIpc) is 3.61. The molecule has 1 saturated carbocycles. The van der Waals surface area contributed by atoms with Crippen molar-refractivity contribution in [2.45, 2.75) is 51.2 Å². The van der Waals surface area contributed by atoms with Gasteiger partial charge in [0.05, 0.1) is 26.0 Å². The standard InChI is InChI=1S/C28H31N5O4/c1-3-36-28(34)26-27(33(32-31-26)18-19-4-12-23(35-2)13-5-19)37-24-14-10-21(11-15-24)20-6-8-22(9-7-20)25-16-17-29-30-25/h4-9,12-13,16-17,21,24H,3,10-11,14-15,18H2,1-2H3,(H,29,30). The number of aromatic amines is 1. The fraction of sp³-hybridized carbons (Fsp3) is 0.357. The lowest BCUT2D eigenvalue weighted by Gasteiger charge is -2.29. The number of ether oxygens (including phenoxy) is 3. The van der Waals surface area contributed by atoms with E-state index in [4.69, 9.17) is 14.2 Å². The van der Waals surface area contributed by atoms with Crippen LogP contribution in [-0.4, -0.2) is 51.0 Å². The minimum absolute atomic E-state index is 0.0261. The van der Waals surface area contributed by atoms with Gasteiger partial charge in [-0.2, -0.15) is 5.10 Å². The number of hydrogen-bond acceptors (Lipinski definition) is 7. The zero-order valence-corrected chi connectivity index (χ0v) is 21.1. The Morgan fingerprint density at radius 3 is 2.43 bits per heavy atom. The molecule has 0 radical (unpaired) electrons. The molecule has 1 aliphatic rings. The van der Waals surface area contributed by atoms with Gasteiger partial charge in [0, 0.05) is 6.20 Å². The van der Waals surface area contributed by atoms with Crippen LogP contribution in [0.15, 0.2) is 60.8 Å². The summed E-state index contributed by atoms with van der Waals surface area (Å²) in [7, 11) is 1.63. The van der Waals surface area contributed by atoms with E-state index in [1.807, 2.05) is 30.3 Å². The first-order valence-electron chi connectivity index (χ1n) is 12.6. The summed E-state index contributed by atoms with van der Waals surface area (Å²) in [4.78, 5) is 12.6. The maximum atomic E-state index is 12.6. The fourth-order valence-electron chi connectivity index (χ4n) is 4.78. The fourth-order valence-corrected chi connectivity index (χ4v) is 4.78. The lowest BCUT2D eigenvalue weighted by molar-refractivity contribution is 0.0507. The zero-order valence-electron chi connectivity index (χ0n) is 21.1. The second-order valence-corrected chi connectivity index (χ2v) is 9.15. The van der Waals surface area contributed by atoms with Crippen LogP contribution in [0.3, 0.4) is 0 Å². The average molecular weight is 502 g/mol. The summed E-state index contributed by atoms with van der Waals surface area (Å²) < 4.78 is 18.5. The molecule has 0 atom stereocenters. The van der Waals surface area contributed by atoms with Gasteiger partial charge in [-0.05, 0) is 73.4 Å². The van der Waals surface area contributed by atoms with E-state index in [1.165, 1.54) is 5.56 Å². The third-order valence-corrected chi connectivity index (χ3v) is 6.80. The summed E-state index contributed by atoms with van der Waals surface area (Å²) in [5, 5.41) is 15.4. The number of aromatic nitrogens is 5. The molecule has 2 aromatic heterocycles. The lowest BCUT2D eigenvalue weighted by atomic mass is 9.82. The van der Waals surface area contributed by atoms with Gasteiger partial charge in [-0.15, -0.1) is 5.10 Å². The van der Waals surface area contributed by atoms with Crippen LogP contribution in [0.1, 0.15) is 60.1 Å². The van der Waals surface area contributed by atoms with Gasteiger partial charge in [-0.1, -0.05) is 41.6 Å². The van der Waals surface area contributed by atoms with Gasteiger partial charge in [0.1, 0.15) is 11.9 Å². The van der Waals surface area contributed by atoms with Crippen LogP contribution >= 0.6 is 0 Å². The summed E-state index contributed by atoms with van der Waals surface area (Å²) >= 11 is 0. The molecule has 0 bridgehead atoms. The number of carbonyl (C=O) groups excluding carboxylic acids is 1. The Hall–Kier alpha value is -4.14. The summed E-state index contributed by atoms with van der Waals surface area (Å²) in [6.45, 7) is 2.45. The molecule has 37 heavy (non-hydrogen) atoms. The number of carbonyl (C=O) groups is 1. The van der Waals surface area contributed by atoms with Crippen molar-refractivity contribution in [3.63, 3.8) is 0 Å². The molecule has 4 aromatic rings. The van der Waals surface area contributed by atoms with Crippen molar-refractivity contribution >= 4 is 5.97 Å². The molecule has 0 unspecified atom stereocenters. The third kappa shape index (κ3) is 5.66. The monoisotopic (exact) mass is 501 g/mol. The Bertz CT molecular complexity index is 1290. The molecule has 2 aromatic carbocycles. The van der Waals surface area contributed by atoms with Crippen LogP contribution in [0.4, 0.5) is 0 Å². The third-order valence-electron chi connectivity index (χ3n) is 6.80. The maximum absolute atomic E-state index is 12.6. The molecule has 0 amide bonds. The van der Waals surface area contributed by atoms with Crippen molar-refractivity contribution in [1.29, 1.82) is 0 Å². The second-order valence-electron chi connectivity index (χ2n) is 9.15. The SMILES string of the molecule is CCOC(=O)c1nnn(Cc2ccc(OC)cc2)c1OC1CCC(c2ccc(-c3ccn[nH]3)cc2)CC1. The first-order chi connectivity index (χ1) is 18.1. The van der Waals surface area contributed by atoms with Gasteiger partial charge in [0.15, 0.2) is 0 Å². The molecule has 1 N–H and O–H groups in total. The van der Waals surface area contributed by atoms with Crippen molar-refractivity contribution in [1.82, 2.24) is 25.2 Å². The number of H-pyrrole nitrogens is 1. The molecule has 9 nitrogen and oxygen atoms in total. The highest BCUT2D eigenvalue weighted by Crippen LogP contribution is 2.36. The first kappa shape index (κ1) is 24.5. The van der Waals surface area contributed by atoms with E-state index in [0.29, 0.717) is 18.3 Å². The van der Waals surface area contributed by atoms with Crippen LogP contribution in [0.25, 0.3) is 11.3 Å². The topological polar surface area (TPSA) is 104 Å². The van der Waals surface area contributed by atoms with Crippen molar-refractivity contribution in [3.05, 3.63) is 77.6 Å². The number of nitrogens with zero attached hydrogens (tertiary/aromatic N) is 4. The van der Waals surface area contributed by atoms with E-state index in [0.717, 1.165) is 48.3 Å². The molecular weight excluding hydrogens is 470 g/mol. The Kier molecular flexibility index (Phi) is 7.49. The van der Waals surface area contributed by atoms with Gasteiger partial charge >= 0.3 is 5.97 Å². The molecule has 2 heterocycles. The van der Waals surface area contributed by atoms with Gasteiger partial charge in [0.25, 0.3) is 0 Å². The quantitative estimate of drug-likeness (QED) is 0.322. The Morgan fingerprint density at radius 1 is 1.03 bits per heavy atom. The van der Waals surface area contributed by atoms with Crippen molar-refractivity contribution < 1.29 is 19.0 Å². The molecule has 0 spiro atoms. The van der Waals surface area contributed by atoms with Crippen molar-refractivity contribution in [2.24, 2.45) is 0 Å². The Labute approximate surface area is 215 Å². The molecular formula is C28H31N5O4. The Morgan fingerprint density at radius 2 is 1.78 bits per heavy atom. The highest BCUT2D eigenvalue weighted by Gasteiger charge is 2.29. The normalized spacial score (nSPS) is 17.4. The van der Waals surface area contributed by atoms with Gasteiger partial charge in [-0.25, -0.2) is 9.48 Å². The number of nitrogens with one attached hydrogen (secondary N) is 1. The van der Waals surface area contributed by atoms with Crippen molar-refractivity contribution in [2.75, 3.05) is 13.7 Å². The predicted molar refractivity (Wildman–Crippen MR) is 138 cm³/mol.